The number of aromatic nitrogens is 1. The maximum Gasteiger partial charge on any atom is 0.393 e. The molecular formula is C13H20F3N3S. The van der Waals surface area contributed by atoms with Crippen molar-refractivity contribution in [3.05, 3.63) is 11.1 Å². The smallest absolute Gasteiger partial charge is 0.347 e. The minimum Gasteiger partial charge on any atom is -0.347 e. The number of thiazole rings is 1. The molecule has 1 unspecified atom stereocenters. The lowest BCUT2D eigenvalue weighted by atomic mass is 9.98. The molecule has 3 nitrogen and oxygen atoms in total. The molecule has 0 spiro atoms. The monoisotopic (exact) mass is 307 g/mol. The maximum atomic E-state index is 12.8. The number of hydrogen-bond acceptors (Lipinski definition) is 4. The third kappa shape index (κ3) is 4.09. The molecule has 1 saturated heterocycles. The summed E-state index contributed by atoms with van der Waals surface area (Å²) < 4.78 is 38.4. The largest absolute Gasteiger partial charge is 0.393 e. The Kier molecular flexibility index (Phi) is 4.90. The number of hydrogen-bond donors (Lipinski definition) is 1. The van der Waals surface area contributed by atoms with E-state index in [0.29, 0.717) is 30.7 Å². The molecular weight excluding hydrogens is 287 g/mol. The van der Waals surface area contributed by atoms with Crippen molar-refractivity contribution in [2.75, 3.05) is 18.0 Å². The van der Waals surface area contributed by atoms with Crippen LogP contribution >= 0.6 is 11.3 Å². The molecule has 0 bridgehead atoms. The molecule has 2 heterocycles. The normalized spacial score (nSPS) is 20.7. The van der Waals surface area contributed by atoms with Crippen LogP contribution in [0, 0.1) is 5.92 Å². The number of nitrogens with one attached hydrogen (secondary N) is 1. The van der Waals surface area contributed by atoms with E-state index in [2.05, 4.69) is 10.3 Å². The lowest BCUT2D eigenvalue weighted by Crippen LogP contribution is -2.41. The van der Waals surface area contributed by atoms with E-state index >= 15 is 0 Å². The minimum absolute atomic E-state index is 0.0358. The third-order valence-corrected chi connectivity index (χ3v) is 4.34. The summed E-state index contributed by atoms with van der Waals surface area (Å²) in [4.78, 5) is 6.21. The van der Waals surface area contributed by atoms with Gasteiger partial charge in [0.15, 0.2) is 5.13 Å². The van der Waals surface area contributed by atoms with E-state index in [0.717, 1.165) is 5.69 Å². The van der Waals surface area contributed by atoms with Gasteiger partial charge in [0.1, 0.15) is 0 Å². The summed E-state index contributed by atoms with van der Waals surface area (Å²) in [6, 6.07) is 0.366. The van der Waals surface area contributed by atoms with Crippen molar-refractivity contribution in [1.29, 1.82) is 0 Å². The van der Waals surface area contributed by atoms with Gasteiger partial charge in [0.2, 0.25) is 0 Å². The summed E-state index contributed by atoms with van der Waals surface area (Å²) >= 11 is 1.43. The number of piperidine rings is 1. The van der Waals surface area contributed by atoms with Gasteiger partial charge in [0, 0.05) is 31.1 Å². The first kappa shape index (κ1) is 15.6. The fourth-order valence-corrected chi connectivity index (χ4v) is 3.11. The summed E-state index contributed by atoms with van der Waals surface area (Å²) in [5, 5.41) is 5.88. The Morgan fingerprint density at radius 2 is 2.25 bits per heavy atom. The van der Waals surface area contributed by atoms with Crippen LogP contribution in [0.25, 0.3) is 0 Å². The molecule has 0 saturated carbocycles. The van der Waals surface area contributed by atoms with Crippen LogP contribution in [0.15, 0.2) is 5.38 Å². The number of halogens is 3. The molecule has 20 heavy (non-hydrogen) atoms. The molecule has 1 aliphatic rings. The van der Waals surface area contributed by atoms with Gasteiger partial charge in [-0.1, -0.05) is 13.8 Å². The number of alkyl halides is 3. The molecule has 2 rings (SSSR count). The fourth-order valence-electron chi connectivity index (χ4n) is 2.25. The first-order chi connectivity index (χ1) is 9.36. The van der Waals surface area contributed by atoms with Gasteiger partial charge in [0.25, 0.3) is 0 Å². The van der Waals surface area contributed by atoms with E-state index in [1.807, 2.05) is 19.2 Å². The van der Waals surface area contributed by atoms with Gasteiger partial charge < -0.3 is 10.2 Å². The van der Waals surface area contributed by atoms with Crippen LogP contribution < -0.4 is 10.2 Å². The molecule has 1 aromatic rings. The number of rotatable bonds is 4. The zero-order valence-corrected chi connectivity index (χ0v) is 12.5. The predicted molar refractivity (Wildman–Crippen MR) is 75.1 cm³/mol. The summed E-state index contributed by atoms with van der Waals surface area (Å²) in [6.45, 7) is 5.45. The van der Waals surface area contributed by atoms with E-state index in [9.17, 15) is 13.2 Å². The molecule has 0 amide bonds. The Hall–Kier alpha value is -0.820. The van der Waals surface area contributed by atoms with Crippen molar-refractivity contribution in [2.45, 2.75) is 45.5 Å². The van der Waals surface area contributed by atoms with Gasteiger partial charge in [-0.2, -0.15) is 13.2 Å². The summed E-state index contributed by atoms with van der Waals surface area (Å²) in [7, 11) is 0. The van der Waals surface area contributed by atoms with Gasteiger partial charge >= 0.3 is 6.18 Å². The van der Waals surface area contributed by atoms with Crippen LogP contribution in [0.5, 0.6) is 0 Å². The zero-order chi connectivity index (χ0) is 14.8. The number of nitrogens with zero attached hydrogens (tertiary/aromatic N) is 2. The van der Waals surface area contributed by atoms with Crippen molar-refractivity contribution in [2.24, 2.45) is 5.92 Å². The lowest BCUT2D eigenvalue weighted by molar-refractivity contribution is -0.175. The van der Waals surface area contributed by atoms with E-state index in [-0.39, 0.29) is 13.0 Å². The Morgan fingerprint density at radius 1 is 1.50 bits per heavy atom. The molecule has 0 aliphatic carbocycles. The van der Waals surface area contributed by atoms with Crippen molar-refractivity contribution < 1.29 is 13.2 Å². The predicted octanol–water partition coefficient (Wildman–Crippen LogP) is 3.42. The minimum atomic E-state index is -4.10. The summed E-state index contributed by atoms with van der Waals surface area (Å²) in [5.41, 5.74) is 0.896. The Labute approximate surface area is 121 Å². The molecule has 0 radical (unpaired) electrons. The van der Waals surface area contributed by atoms with Gasteiger partial charge in [-0.15, -0.1) is 11.3 Å². The van der Waals surface area contributed by atoms with E-state index in [1.54, 1.807) is 4.90 Å². The van der Waals surface area contributed by atoms with E-state index < -0.39 is 12.1 Å². The van der Waals surface area contributed by atoms with Crippen molar-refractivity contribution in [3.63, 3.8) is 0 Å². The molecule has 114 valence electrons. The third-order valence-electron chi connectivity index (χ3n) is 3.39. The second-order valence-electron chi connectivity index (χ2n) is 5.48. The second-order valence-corrected chi connectivity index (χ2v) is 6.32. The molecule has 1 aliphatic heterocycles. The standard InChI is InChI=1S/C13H20F3N3S/c1-9(2)17-6-11-8-20-12(18-11)19-5-3-4-10(7-19)13(14,15)16/h8-10,17H,3-7H2,1-2H3. The SMILES string of the molecule is CC(C)NCc1csc(N2CCCC(C(F)(F)F)C2)n1. The van der Waals surface area contributed by atoms with Crippen LogP contribution in [-0.4, -0.2) is 30.3 Å². The highest BCUT2D eigenvalue weighted by Gasteiger charge is 2.42. The highest BCUT2D eigenvalue weighted by molar-refractivity contribution is 7.13. The fraction of sp³-hybridized carbons (Fsp3) is 0.769. The van der Waals surface area contributed by atoms with Crippen LogP contribution in [0.1, 0.15) is 32.4 Å². The van der Waals surface area contributed by atoms with Crippen molar-refractivity contribution >= 4 is 16.5 Å². The van der Waals surface area contributed by atoms with E-state index in [4.69, 9.17) is 0 Å². The van der Waals surface area contributed by atoms with E-state index in [1.165, 1.54) is 11.3 Å². The Balaban J connectivity index is 1.97. The van der Waals surface area contributed by atoms with Gasteiger partial charge in [0.05, 0.1) is 11.6 Å². The highest BCUT2D eigenvalue weighted by Crippen LogP contribution is 2.35. The van der Waals surface area contributed by atoms with Crippen LogP contribution in [0.2, 0.25) is 0 Å². The topological polar surface area (TPSA) is 28.2 Å². The lowest BCUT2D eigenvalue weighted by Gasteiger charge is -2.33. The zero-order valence-electron chi connectivity index (χ0n) is 11.7. The molecule has 0 aromatic carbocycles. The Morgan fingerprint density at radius 3 is 2.90 bits per heavy atom. The Bertz CT molecular complexity index is 431. The maximum absolute atomic E-state index is 12.8. The van der Waals surface area contributed by atoms with Crippen molar-refractivity contribution in [1.82, 2.24) is 10.3 Å². The second kappa shape index (κ2) is 6.30. The summed E-state index contributed by atoms with van der Waals surface area (Å²) in [5.74, 6) is -1.22. The average molecular weight is 307 g/mol. The molecule has 1 fully saturated rings. The quantitative estimate of drug-likeness (QED) is 0.924. The number of anilines is 1. The van der Waals surface area contributed by atoms with Gasteiger partial charge in [-0.25, -0.2) is 4.98 Å². The van der Waals surface area contributed by atoms with Gasteiger partial charge in [-0.05, 0) is 12.8 Å². The highest BCUT2D eigenvalue weighted by atomic mass is 32.1. The van der Waals surface area contributed by atoms with Crippen LogP contribution in [0.4, 0.5) is 18.3 Å². The molecule has 1 N–H and O–H groups in total. The van der Waals surface area contributed by atoms with Gasteiger partial charge in [-0.3, -0.25) is 0 Å². The first-order valence-corrected chi connectivity index (χ1v) is 7.73. The van der Waals surface area contributed by atoms with Crippen molar-refractivity contribution in [3.8, 4) is 0 Å². The molecule has 1 atom stereocenters. The molecule has 7 heteroatoms. The van der Waals surface area contributed by atoms with Crippen LogP contribution in [0.3, 0.4) is 0 Å². The first-order valence-electron chi connectivity index (χ1n) is 6.85. The molecule has 1 aromatic heterocycles. The average Bonchev–Trinajstić information content (AvgIpc) is 2.84. The van der Waals surface area contributed by atoms with Crippen LogP contribution in [-0.2, 0) is 6.54 Å². The summed E-state index contributed by atoms with van der Waals surface area (Å²) in [6.07, 6.45) is -3.30.